The molecule has 1 aromatic carbocycles. The molecule has 0 radical (unpaired) electrons. The van der Waals surface area contributed by atoms with Crippen molar-refractivity contribution in [1.82, 2.24) is 5.32 Å². The van der Waals surface area contributed by atoms with E-state index in [2.05, 4.69) is 5.32 Å². The smallest absolute Gasteiger partial charge is 0.408 e. The number of hydrogen-bond acceptors (Lipinski definition) is 4. The number of benzene rings is 1. The molecule has 1 amide bonds. The predicted octanol–water partition coefficient (Wildman–Crippen LogP) is 3.69. The number of rotatable bonds is 5. The number of ether oxygens (including phenoxy) is 2. The van der Waals surface area contributed by atoms with Gasteiger partial charge in [-0.15, -0.1) is 0 Å². The van der Waals surface area contributed by atoms with E-state index < -0.39 is 23.7 Å². The van der Waals surface area contributed by atoms with Crippen molar-refractivity contribution in [3.63, 3.8) is 0 Å². The van der Waals surface area contributed by atoms with E-state index in [1.54, 1.807) is 26.8 Å². The number of nitrogens with one attached hydrogen (secondary N) is 1. The first-order valence-corrected chi connectivity index (χ1v) is 8.28. The molecule has 0 unspecified atom stereocenters. The molecule has 0 saturated carbocycles. The van der Waals surface area contributed by atoms with Crippen LogP contribution in [0.5, 0.6) is 5.75 Å². The lowest BCUT2D eigenvalue weighted by Crippen LogP contribution is -2.44. The third-order valence-corrected chi connectivity index (χ3v) is 3.08. The highest BCUT2D eigenvalue weighted by Crippen LogP contribution is 2.24. The van der Waals surface area contributed by atoms with Gasteiger partial charge >= 0.3 is 12.1 Å². The molecule has 0 aliphatic heterocycles. The number of amides is 1. The van der Waals surface area contributed by atoms with Crippen LogP contribution in [0.3, 0.4) is 0 Å². The molecule has 25 heavy (non-hydrogen) atoms. The standard InChI is InChI=1S/C19H29NO5/c1-12-10-13(8-9-15(12)24-18(2,3)4)11-14(16(21)22)20-17(23)25-19(5,6)7/h8-10,14H,11H2,1-7H3,(H,20,23)(H,21,22)/t14-/m0/s1. The summed E-state index contributed by atoms with van der Waals surface area (Å²) in [6, 6.07) is 4.43. The van der Waals surface area contributed by atoms with Gasteiger partial charge in [-0.1, -0.05) is 12.1 Å². The molecule has 1 atom stereocenters. The summed E-state index contributed by atoms with van der Waals surface area (Å²) in [5, 5.41) is 11.8. The average molecular weight is 351 g/mol. The Morgan fingerprint density at radius 1 is 1.12 bits per heavy atom. The molecular formula is C19H29NO5. The molecule has 0 saturated heterocycles. The van der Waals surface area contributed by atoms with Gasteiger partial charge in [0, 0.05) is 6.42 Å². The maximum absolute atomic E-state index is 11.8. The van der Waals surface area contributed by atoms with Gasteiger partial charge in [-0.3, -0.25) is 0 Å². The molecule has 0 aliphatic rings. The topological polar surface area (TPSA) is 84.9 Å². The lowest BCUT2D eigenvalue weighted by atomic mass is 10.0. The predicted molar refractivity (Wildman–Crippen MR) is 96.1 cm³/mol. The third-order valence-electron chi connectivity index (χ3n) is 3.08. The Balaban J connectivity index is 2.84. The van der Waals surface area contributed by atoms with Gasteiger partial charge in [0.1, 0.15) is 23.0 Å². The van der Waals surface area contributed by atoms with Gasteiger partial charge in [0.05, 0.1) is 0 Å². The number of carbonyl (C=O) groups excluding carboxylic acids is 1. The highest BCUT2D eigenvalue weighted by atomic mass is 16.6. The number of carboxylic acid groups (broad SMARTS) is 1. The summed E-state index contributed by atoms with van der Waals surface area (Å²) in [7, 11) is 0. The average Bonchev–Trinajstić information content (AvgIpc) is 2.37. The zero-order chi connectivity index (χ0) is 19.4. The fraction of sp³-hybridized carbons (Fsp3) is 0.579. The first kappa shape index (κ1) is 20.8. The fourth-order valence-electron chi connectivity index (χ4n) is 2.17. The van der Waals surface area contributed by atoms with E-state index in [0.29, 0.717) is 0 Å². The van der Waals surface area contributed by atoms with Crippen LogP contribution in [0.4, 0.5) is 4.79 Å². The lowest BCUT2D eigenvalue weighted by molar-refractivity contribution is -0.139. The molecule has 2 N–H and O–H groups in total. The molecule has 0 bridgehead atoms. The van der Waals surface area contributed by atoms with Gasteiger partial charge in [0.2, 0.25) is 0 Å². The van der Waals surface area contributed by atoms with Crippen molar-refractivity contribution in [2.75, 3.05) is 0 Å². The van der Waals surface area contributed by atoms with E-state index in [-0.39, 0.29) is 12.0 Å². The Bertz CT molecular complexity index is 626. The molecule has 0 heterocycles. The van der Waals surface area contributed by atoms with Crippen molar-refractivity contribution in [3.8, 4) is 5.75 Å². The largest absolute Gasteiger partial charge is 0.488 e. The first-order valence-electron chi connectivity index (χ1n) is 8.28. The monoisotopic (exact) mass is 351 g/mol. The zero-order valence-electron chi connectivity index (χ0n) is 16.1. The van der Waals surface area contributed by atoms with Gasteiger partial charge < -0.3 is 19.9 Å². The Hall–Kier alpha value is -2.24. The van der Waals surface area contributed by atoms with E-state index in [0.717, 1.165) is 16.9 Å². The Morgan fingerprint density at radius 2 is 1.72 bits per heavy atom. The van der Waals surface area contributed by atoms with E-state index in [9.17, 15) is 14.7 Å². The van der Waals surface area contributed by atoms with Crippen molar-refractivity contribution in [2.24, 2.45) is 0 Å². The molecule has 0 aliphatic carbocycles. The second-order valence-electron chi connectivity index (χ2n) is 8.06. The molecule has 6 heteroatoms. The number of aryl methyl sites for hydroxylation is 1. The minimum Gasteiger partial charge on any atom is -0.488 e. The first-order chi connectivity index (χ1) is 11.3. The number of carbonyl (C=O) groups is 2. The van der Waals surface area contributed by atoms with Crippen molar-refractivity contribution >= 4 is 12.1 Å². The Kier molecular flexibility index (Phi) is 6.46. The quantitative estimate of drug-likeness (QED) is 0.845. The van der Waals surface area contributed by atoms with Crippen molar-refractivity contribution in [2.45, 2.75) is 72.1 Å². The minimum atomic E-state index is -1.11. The maximum Gasteiger partial charge on any atom is 0.408 e. The normalized spacial score (nSPS) is 13.1. The van der Waals surface area contributed by atoms with Gasteiger partial charge in [-0.05, 0) is 65.7 Å². The van der Waals surface area contributed by atoms with Crippen LogP contribution >= 0.6 is 0 Å². The van der Waals surface area contributed by atoms with Crippen LogP contribution in [-0.4, -0.2) is 34.4 Å². The highest BCUT2D eigenvalue weighted by molar-refractivity contribution is 5.80. The van der Waals surface area contributed by atoms with Crippen LogP contribution in [0.2, 0.25) is 0 Å². The summed E-state index contributed by atoms with van der Waals surface area (Å²) in [6.07, 6.45) is -0.588. The van der Waals surface area contributed by atoms with Crippen LogP contribution in [-0.2, 0) is 16.0 Å². The van der Waals surface area contributed by atoms with Gasteiger partial charge in [-0.25, -0.2) is 9.59 Å². The molecule has 6 nitrogen and oxygen atoms in total. The summed E-state index contributed by atoms with van der Waals surface area (Å²) in [5.41, 5.74) is 0.708. The van der Waals surface area contributed by atoms with Crippen molar-refractivity contribution < 1.29 is 24.2 Å². The van der Waals surface area contributed by atoms with Gasteiger partial charge in [-0.2, -0.15) is 0 Å². The fourth-order valence-corrected chi connectivity index (χ4v) is 2.17. The van der Waals surface area contributed by atoms with Crippen LogP contribution < -0.4 is 10.1 Å². The van der Waals surface area contributed by atoms with E-state index >= 15 is 0 Å². The Morgan fingerprint density at radius 3 is 2.16 bits per heavy atom. The zero-order valence-corrected chi connectivity index (χ0v) is 16.1. The number of hydrogen-bond donors (Lipinski definition) is 2. The van der Waals surface area contributed by atoms with E-state index in [4.69, 9.17) is 9.47 Å². The summed E-state index contributed by atoms with van der Waals surface area (Å²) in [5.74, 6) is -0.359. The molecule has 0 spiro atoms. The molecule has 0 aromatic heterocycles. The summed E-state index contributed by atoms with van der Waals surface area (Å²) in [6.45, 7) is 13.0. The van der Waals surface area contributed by atoms with Crippen molar-refractivity contribution in [1.29, 1.82) is 0 Å². The number of alkyl carbamates (subject to hydrolysis) is 1. The SMILES string of the molecule is Cc1cc(C[C@H](NC(=O)OC(C)(C)C)C(=O)O)ccc1OC(C)(C)C. The molecule has 0 fully saturated rings. The molecule has 1 rings (SSSR count). The van der Waals surface area contributed by atoms with E-state index in [1.165, 1.54) is 0 Å². The maximum atomic E-state index is 11.8. The van der Waals surface area contributed by atoms with Crippen LogP contribution in [0.15, 0.2) is 18.2 Å². The molecule has 140 valence electrons. The minimum absolute atomic E-state index is 0.158. The number of aliphatic carboxylic acids is 1. The van der Waals surface area contributed by atoms with Gasteiger partial charge in [0.15, 0.2) is 0 Å². The second kappa shape index (κ2) is 7.76. The molecule has 1 aromatic rings. The summed E-state index contributed by atoms with van der Waals surface area (Å²) >= 11 is 0. The number of carboxylic acids is 1. The third kappa shape index (κ3) is 7.92. The summed E-state index contributed by atoms with van der Waals surface area (Å²) in [4.78, 5) is 23.3. The Labute approximate surface area is 149 Å². The van der Waals surface area contributed by atoms with Crippen molar-refractivity contribution in [3.05, 3.63) is 29.3 Å². The van der Waals surface area contributed by atoms with Crippen LogP contribution in [0.1, 0.15) is 52.7 Å². The van der Waals surface area contributed by atoms with Crippen LogP contribution in [0.25, 0.3) is 0 Å². The van der Waals surface area contributed by atoms with E-state index in [1.807, 2.05) is 39.8 Å². The highest BCUT2D eigenvalue weighted by Gasteiger charge is 2.24. The molecular weight excluding hydrogens is 322 g/mol. The van der Waals surface area contributed by atoms with Gasteiger partial charge in [0.25, 0.3) is 0 Å². The summed E-state index contributed by atoms with van der Waals surface area (Å²) < 4.78 is 11.0. The lowest BCUT2D eigenvalue weighted by Gasteiger charge is -2.24. The second-order valence-corrected chi connectivity index (χ2v) is 8.06. The van der Waals surface area contributed by atoms with Crippen LogP contribution in [0, 0.1) is 6.92 Å².